The standard InChI is InChI=1S/C20H21NO5/c1-11(2)10-15-20-9-8-14(26-20)16(19(23)24)17(20)18(22)21(15)12-4-6-13(25-3)7-5-12/h4-9,14-17H,1,10H2,2-3H3,(H,23,24)/t14-,15-,16-,17-,20+/m0/s1. The van der Waals surface area contributed by atoms with Crippen molar-refractivity contribution in [2.45, 2.75) is 31.1 Å². The number of aliphatic carboxylic acids is 1. The first-order valence-electron chi connectivity index (χ1n) is 8.60. The third-order valence-electron chi connectivity index (χ3n) is 5.60. The summed E-state index contributed by atoms with van der Waals surface area (Å²) in [5.41, 5.74) is 0.704. The molecule has 1 N–H and O–H groups in total. The molecule has 2 saturated heterocycles. The highest BCUT2D eigenvalue weighted by atomic mass is 16.5. The van der Waals surface area contributed by atoms with E-state index in [1.54, 1.807) is 30.2 Å². The second-order valence-electron chi connectivity index (χ2n) is 7.22. The van der Waals surface area contributed by atoms with Gasteiger partial charge < -0.3 is 19.5 Å². The van der Waals surface area contributed by atoms with Gasteiger partial charge in [0.2, 0.25) is 5.91 Å². The number of hydrogen-bond acceptors (Lipinski definition) is 4. The van der Waals surface area contributed by atoms with Gasteiger partial charge >= 0.3 is 5.97 Å². The molecule has 1 aromatic rings. The summed E-state index contributed by atoms with van der Waals surface area (Å²) in [6, 6.07) is 6.87. The number of amides is 1. The number of hydrogen-bond donors (Lipinski definition) is 1. The van der Waals surface area contributed by atoms with Crippen molar-refractivity contribution in [1.82, 2.24) is 0 Å². The largest absolute Gasteiger partial charge is 0.497 e. The maximum Gasteiger partial charge on any atom is 0.310 e. The number of methoxy groups -OCH3 is 1. The van der Waals surface area contributed by atoms with Crippen molar-refractivity contribution < 1.29 is 24.2 Å². The number of carboxylic acids is 1. The molecule has 6 nitrogen and oxygen atoms in total. The molecule has 3 heterocycles. The van der Waals surface area contributed by atoms with Crippen molar-refractivity contribution in [2.75, 3.05) is 12.0 Å². The number of ether oxygens (including phenoxy) is 2. The number of carbonyl (C=O) groups is 2. The molecule has 6 heteroatoms. The predicted octanol–water partition coefficient (Wildman–Crippen LogP) is 2.40. The summed E-state index contributed by atoms with van der Waals surface area (Å²) >= 11 is 0. The molecular weight excluding hydrogens is 334 g/mol. The average molecular weight is 355 g/mol. The molecule has 5 atom stereocenters. The predicted molar refractivity (Wildman–Crippen MR) is 95.1 cm³/mol. The fraction of sp³-hybridized carbons (Fsp3) is 0.400. The van der Waals surface area contributed by atoms with Crippen molar-refractivity contribution in [3.63, 3.8) is 0 Å². The Labute approximate surface area is 151 Å². The van der Waals surface area contributed by atoms with Crippen LogP contribution >= 0.6 is 0 Å². The molecular formula is C20H21NO5. The molecule has 3 aliphatic rings. The third kappa shape index (κ3) is 2.15. The molecule has 4 rings (SSSR count). The minimum atomic E-state index is -0.995. The van der Waals surface area contributed by atoms with E-state index in [1.807, 2.05) is 25.1 Å². The second kappa shape index (κ2) is 5.71. The molecule has 0 radical (unpaired) electrons. The van der Waals surface area contributed by atoms with Crippen LogP contribution in [0.4, 0.5) is 5.69 Å². The van der Waals surface area contributed by atoms with Crippen LogP contribution in [0.1, 0.15) is 13.3 Å². The van der Waals surface area contributed by atoms with Crippen molar-refractivity contribution in [3.8, 4) is 5.75 Å². The summed E-state index contributed by atoms with van der Waals surface area (Å²) in [7, 11) is 1.58. The van der Waals surface area contributed by atoms with E-state index >= 15 is 0 Å². The van der Waals surface area contributed by atoms with Gasteiger partial charge in [0.25, 0.3) is 0 Å². The van der Waals surface area contributed by atoms with Gasteiger partial charge in [-0.25, -0.2) is 0 Å². The van der Waals surface area contributed by atoms with E-state index in [1.165, 1.54) is 0 Å². The number of benzene rings is 1. The molecule has 26 heavy (non-hydrogen) atoms. The monoisotopic (exact) mass is 355 g/mol. The van der Waals surface area contributed by atoms with Crippen LogP contribution in [-0.2, 0) is 14.3 Å². The Kier molecular flexibility index (Phi) is 3.70. The Morgan fingerprint density at radius 3 is 2.65 bits per heavy atom. The summed E-state index contributed by atoms with van der Waals surface area (Å²) in [5.74, 6) is -2.09. The van der Waals surface area contributed by atoms with Gasteiger partial charge in [0.05, 0.1) is 25.2 Å². The lowest BCUT2D eigenvalue weighted by molar-refractivity contribution is -0.146. The zero-order chi connectivity index (χ0) is 18.6. The van der Waals surface area contributed by atoms with Crippen LogP contribution in [0.3, 0.4) is 0 Å². The van der Waals surface area contributed by atoms with Gasteiger partial charge in [0.1, 0.15) is 17.3 Å². The molecule has 0 saturated carbocycles. The van der Waals surface area contributed by atoms with Crippen molar-refractivity contribution >= 4 is 17.6 Å². The summed E-state index contributed by atoms with van der Waals surface area (Å²) in [5, 5.41) is 9.67. The Balaban J connectivity index is 1.81. The molecule has 2 bridgehead atoms. The lowest BCUT2D eigenvalue weighted by Crippen LogP contribution is -2.45. The fourth-order valence-corrected chi connectivity index (χ4v) is 4.56. The zero-order valence-electron chi connectivity index (χ0n) is 14.7. The van der Waals surface area contributed by atoms with Crippen LogP contribution in [0.5, 0.6) is 5.75 Å². The first-order chi connectivity index (χ1) is 12.4. The summed E-state index contributed by atoms with van der Waals surface area (Å²) < 4.78 is 11.3. The first kappa shape index (κ1) is 16.8. The van der Waals surface area contributed by atoms with Crippen molar-refractivity contribution in [1.29, 1.82) is 0 Å². The highest BCUT2D eigenvalue weighted by Crippen LogP contribution is 2.56. The van der Waals surface area contributed by atoms with Gasteiger partial charge in [-0.3, -0.25) is 9.59 Å². The van der Waals surface area contributed by atoms with Gasteiger partial charge in [-0.05, 0) is 37.6 Å². The lowest BCUT2D eigenvalue weighted by atomic mass is 9.74. The maximum atomic E-state index is 13.3. The number of carboxylic acid groups (broad SMARTS) is 1. The van der Waals surface area contributed by atoms with Crippen molar-refractivity contribution in [3.05, 3.63) is 48.6 Å². The molecule has 3 aliphatic heterocycles. The summed E-state index contributed by atoms with van der Waals surface area (Å²) in [6.45, 7) is 5.90. The first-order valence-corrected chi connectivity index (χ1v) is 8.60. The highest BCUT2D eigenvalue weighted by molar-refractivity contribution is 6.03. The van der Waals surface area contributed by atoms with Crippen LogP contribution in [0, 0.1) is 11.8 Å². The fourth-order valence-electron chi connectivity index (χ4n) is 4.56. The highest BCUT2D eigenvalue weighted by Gasteiger charge is 2.71. The molecule has 0 aliphatic carbocycles. The van der Waals surface area contributed by atoms with Crippen LogP contribution in [-0.4, -0.2) is 41.8 Å². The van der Waals surface area contributed by atoms with E-state index in [4.69, 9.17) is 9.47 Å². The van der Waals surface area contributed by atoms with E-state index in [9.17, 15) is 14.7 Å². The minimum absolute atomic E-state index is 0.208. The summed E-state index contributed by atoms with van der Waals surface area (Å²) in [4.78, 5) is 26.8. The van der Waals surface area contributed by atoms with E-state index in [0.717, 1.165) is 5.57 Å². The van der Waals surface area contributed by atoms with Gasteiger partial charge in [0.15, 0.2) is 0 Å². The van der Waals surface area contributed by atoms with E-state index in [2.05, 4.69) is 6.58 Å². The van der Waals surface area contributed by atoms with E-state index in [0.29, 0.717) is 17.9 Å². The molecule has 0 aromatic heterocycles. The van der Waals surface area contributed by atoms with Crippen LogP contribution in [0.25, 0.3) is 0 Å². The SMILES string of the molecule is C=C(C)C[C@@H]1N(c2ccc(OC)cc2)C(=O)[C@@H]2[C@@H](C(=O)O)[C@@H]3C=C[C@]21O3. The van der Waals surface area contributed by atoms with Gasteiger partial charge in [-0.2, -0.15) is 0 Å². The zero-order valence-corrected chi connectivity index (χ0v) is 14.7. The maximum absolute atomic E-state index is 13.3. The van der Waals surface area contributed by atoms with Crippen LogP contribution in [0.15, 0.2) is 48.6 Å². The summed E-state index contributed by atoms with van der Waals surface area (Å²) in [6.07, 6.45) is 3.66. The number of carbonyl (C=O) groups excluding carboxylic acids is 1. The quantitative estimate of drug-likeness (QED) is 0.821. The molecule has 1 aromatic carbocycles. The van der Waals surface area contributed by atoms with Gasteiger partial charge in [0, 0.05) is 5.69 Å². The molecule has 0 unspecified atom stereocenters. The minimum Gasteiger partial charge on any atom is -0.497 e. The smallest absolute Gasteiger partial charge is 0.310 e. The lowest BCUT2D eigenvalue weighted by Gasteiger charge is -2.33. The third-order valence-corrected chi connectivity index (χ3v) is 5.60. The number of anilines is 1. The Hall–Kier alpha value is -2.60. The van der Waals surface area contributed by atoms with Crippen LogP contribution in [0.2, 0.25) is 0 Å². The molecule has 1 spiro atoms. The normalized spacial score (nSPS) is 34.2. The average Bonchev–Trinajstić information content (AvgIpc) is 3.24. The van der Waals surface area contributed by atoms with Crippen LogP contribution < -0.4 is 9.64 Å². The number of rotatable bonds is 5. The van der Waals surface area contributed by atoms with Gasteiger partial charge in [-0.1, -0.05) is 17.7 Å². The second-order valence-corrected chi connectivity index (χ2v) is 7.22. The van der Waals surface area contributed by atoms with Crippen molar-refractivity contribution in [2.24, 2.45) is 11.8 Å². The molecule has 1 amide bonds. The van der Waals surface area contributed by atoms with E-state index < -0.39 is 29.5 Å². The van der Waals surface area contributed by atoms with Gasteiger partial charge in [-0.15, -0.1) is 6.58 Å². The Morgan fingerprint density at radius 2 is 2.08 bits per heavy atom. The number of fused-ring (bicyclic) bond motifs is 1. The molecule has 136 valence electrons. The Morgan fingerprint density at radius 1 is 1.38 bits per heavy atom. The molecule has 2 fully saturated rings. The Bertz CT molecular complexity index is 814. The number of nitrogens with zero attached hydrogens (tertiary/aromatic N) is 1. The van der Waals surface area contributed by atoms with E-state index in [-0.39, 0.29) is 11.9 Å². The topological polar surface area (TPSA) is 76.1 Å².